The first-order valence-electron chi connectivity index (χ1n) is 6.38. The zero-order chi connectivity index (χ0) is 12.3. The Morgan fingerprint density at radius 2 is 2.06 bits per heavy atom. The van der Waals surface area contributed by atoms with E-state index in [2.05, 4.69) is 22.2 Å². The summed E-state index contributed by atoms with van der Waals surface area (Å²) >= 11 is 5.80. The van der Waals surface area contributed by atoms with Crippen molar-refractivity contribution in [3.63, 3.8) is 0 Å². The monoisotopic (exact) mass is 253 g/mol. The maximum Gasteiger partial charge on any atom is 0.224 e. The smallest absolute Gasteiger partial charge is 0.224 e. The lowest BCUT2D eigenvalue weighted by atomic mass is 9.83. The van der Waals surface area contributed by atoms with Crippen LogP contribution in [0.3, 0.4) is 0 Å². The van der Waals surface area contributed by atoms with Crippen LogP contribution < -0.4 is 5.32 Å². The highest BCUT2D eigenvalue weighted by Gasteiger charge is 2.18. The van der Waals surface area contributed by atoms with E-state index in [1.807, 2.05) is 6.92 Å². The number of rotatable bonds is 3. The number of hydrogen-bond acceptors (Lipinski definition) is 3. The average Bonchev–Trinajstić information content (AvgIpc) is 2.32. The second kappa shape index (κ2) is 5.67. The molecule has 1 aromatic rings. The molecule has 1 fully saturated rings. The highest BCUT2D eigenvalue weighted by molar-refractivity contribution is 6.28. The highest BCUT2D eigenvalue weighted by Crippen LogP contribution is 2.28. The summed E-state index contributed by atoms with van der Waals surface area (Å²) in [4.78, 5) is 8.17. The topological polar surface area (TPSA) is 37.8 Å². The van der Waals surface area contributed by atoms with E-state index in [1.54, 1.807) is 6.20 Å². The third-order valence-electron chi connectivity index (χ3n) is 3.64. The molecule has 0 spiro atoms. The highest BCUT2D eigenvalue weighted by atomic mass is 35.5. The number of hydrogen-bond donors (Lipinski definition) is 1. The molecule has 0 aromatic carbocycles. The summed E-state index contributed by atoms with van der Waals surface area (Å²) in [6, 6.07) is 0. The number of aryl methyl sites for hydroxylation is 1. The molecule has 17 heavy (non-hydrogen) atoms. The summed E-state index contributed by atoms with van der Waals surface area (Å²) in [6.45, 7) is 5.35. The Labute approximate surface area is 108 Å². The SMILES string of the molecule is Cc1cnc(Cl)nc1NCC1CCC(C)CC1. The van der Waals surface area contributed by atoms with Gasteiger partial charge in [0.25, 0.3) is 0 Å². The number of anilines is 1. The lowest BCUT2D eigenvalue weighted by molar-refractivity contribution is 0.300. The summed E-state index contributed by atoms with van der Waals surface area (Å²) in [5.74, 6) is 2.56. The standard InChI is InChI=1S/C13H20ClN3/c1-9-3-5-11(6-4-9)8-15-12-10(2)7-16-13(14)17-12/h7,9,11H,3-6,8H2,1-2H3,(H,15,16,17). The van der Waals surface area contributed by atoms with E-state index in [-0.39, 0.29) is 0 Å². The third kappa shape index (κ3) is 3.56. The number of aromatic nitrogens is 2. The van der Waals surface area contributed by atoms with Crippen molar-refractivity contribution in [3.8, 4) is 0 Å². The van der Waals surface area contributed by atoms with Crippen LogP contribution in [0.1, 0.15) is 38.2 Å². The van der Waals surface area contributed by atoms with Crippen molar-refractivity contribution in [2.75, 3.05) is 11.9 Å². The second-order valence-electron chi connectivity index (χ2n) is 5.18. The van der Waals surface area contributed by atoms with Gasteiger partial charge < -0.3 is 5.32 Å². The van der Waals surface area contributed by atoms with Crippen LogP contribution in [0.4, 0.5) is 5.82 Å². The first-order chi connectivity index (χ1) is 8.15. The first kappa shape index (κ1) is 12.6. The van der Waals surface area contributed by atoms with Gasteiger partial charge in [0.2, 0.25) is 5.28 Å². The third-order valence-corrected chi connectivity index (χ3v) is 3.82. The molecule has 0 atom stereocenters. The van der Waals surface area contributed by atoms with Crippen molar-refractivity contribution in [2.45, 2.75) is 39.5 Å². The minimum Gasteiger partial charge on any atom is -0.369 e. The van der Waals surface area contributed by atoms with Crippen molar-refractivity contribution >= 4 is 17.4 Å². The van der Waals surface area contributed by atoms with Crippen LogP contribution in [0.5, 0.6) is 0 Å². The second-order valence-corrected chi connectivity index (χ2v) is 5.52. The lowest BCUT2D eigenvalue weighted by Gasteiger charge is -2.26. The van der Waals surface area contributed by atoms with Gasteiger partial charge in [-0.05, 0) is 43.2 Å². The van der Waals surface area contributed by atoms with Crippen LogP contribution in [-0.2, 0) is 0 Å². The molecule has 1 saturated carbocycles. The Hall–Kier alpha value is -0.830. The Kier molecular flexibility index (Phi) is 4.21. The molecule has 1 N–H and O–H groups in total. The van der Waals surface area contributed by atoms with Gasteiger partial charge in [-0.1, -0.05) is 19.8 Å². The number of nitrogens with one attached hydrogen (secondary N) is 1. The zero-order valence-electron chi connectivity index (χ0n) is 10.5. The van der Waals surface area contributed by atoms with Crippen molar-refractivity contribution in [2.24, 2.45) is 11.8 Å². The Bertz CT molecular complexity index is 373. The molecule has 0 radical (unpaired) electrons. The van der Waals surface area contributed by atoms with E-state index < -0.39 is 0 Å². The van der Waals surface area contributed by atoms with E-state index in [0.717, 1.165) is 29.8 Å². The van der Waals surface area contributed by atoms with Crippen LogP contribution in [0.15, 0.2) is 6.20 Å². The molecular weight excluding hydrogens is 234 g/mol. The van der Waals surface area contributed by atoms with Crippen molar-refractivity contribution < 1.29 is 0 Å². The van der Waals surface area contributed by atoms with Gasteiger partial charge in [-0.3, -0.25) is 0 Å². The molecule has 1 aromatic heterocycles. The molecule has 94 valence electrons. The molecule has 2 rings (SSSR count). The van der Waals surface area contributed by atoms with E-state index in [0.29, 0.717) is 5.28 Å². The molecule has 0 unspecified atom stereocenters. The fourth-order valence-electron chi connectivity index (χ4n) is 2.37. The van der Waals surface area contributed by atoms with Gasteiger partial charge in [0.1, 0.15) is 5.82 Å². The molecule has 1 aliphatic carbocycles. The minimum atomic E-state index is 0.315. The van der Waals surface area contributed by atoms with Crippen LogP contribution in [0.25, 0.3) is 0 Å². The molecular formula is C13H20ClN3. The van der Waals surface area contributed by atoms with Gasteiger partial charge in [0.15, 0.2) is 0 Å². The van der Waals surface area contributed by atoms with Gasteiger partial charge in [0, 0.05) is 18.3 Å². The largest absolute Gasteiger partial charge is 0.369 e. The Balaban J connectivity index is 1.87. The predicted octanol–water partition coefficient (Wildman–Crippen LogP) is 3.68. The van der Waals surface area contributed by atoms with Gasteiger partial charge in [0.05, 0.1) is 0 Å². The minimum absolute atomic E-state index is 0.315. The molecule has 4 heteroatoms. The molecule has 1 heterocycles. The van der Waals surface area contributed by atoms with Gasteiger partial charge in [-0.25, -0.2) is 9.97 Å². The van der Waals surface area contributed by atoms with Crippen LogP contribution >= 0.6 is 11.6 Å². The van der Waals surface area contributed by atoms with E-state index in [9.17, 15) is 0 Å². The molecule has 0 amide bonds. The fourth-order valence-corrected chi connectivity index (χ4v) is 2.51. The van der Waals surface area contributed by atoms with E-state index in [1.165, 1.54) is 25.7 Å². The van der Waals surface area contributed by atoms with Crippen LogP contribution in [0, 0.1) is 18.8 Å². The summed E-state index contributed by atoms with van der Waals surface area (Å²) in [5.41, 5.74) is 1.05. The van der Waals surface area contributed by atoms with Crippen molar-refractivity contribution in [1.82, 2.24) is 9.97 Å². The molecule has 1 aliphatic rings. The average molecular weight is 254 g/mol. The van der Waals surface area contributed by atoms with Gasteiger partial charge >= 0.3 is 0 Å². The zero-order valence-corrected chi connectivity index (χ0v) is 11.3. The van der Waals surface area contributed by atoms with E-state index in [4.69, 9.17) is 11.6 Å². The Morgan fingerprint density at radius 3 is 2.76 bits per heavy atom. The summed E-state index contributed by atoms with van der Waals surface area (Å²) in [5, 5.41) is 3.72. The predicted molar refractivity (Wildman–Crippen MR) is 71.4 cm³/mol. The Morgan fingerprint density at radius 1 is 1.35 bits per heavy atom. The maximum absolute atomic E-state index is 5.80. The quantitative estimate of drug-likeness (QED) is 0.835. The van der Waals surface area contributed by atoms with Crippen molar-refractivity contribution in [3.05, 3.63) is 17.0 Å². The first-order valence-corrected chi connectivity index (χ1v) is 6.76. The number of halogens is 1. The molecule has 3 nitrogen and oxygen atoms in total. The van der Waals surface area contributed by atoms with Crippen molar-refractivity contribution in [1.29, 1.82) is 0 Å². The normalized spacial score (nSPS) is 24.6. The number of nitrogens with zero attached hydrogens (tertiary/aromatic N) is 2. The summed E-state index contributed by atoms with van der Waals surface area (Å²) < 4.78 is 0. The fraction of sp³-hybridized carbons (Fsp3) is 0.692. The molecule has 0 bridgehead atoms. The molecule has 0 aliphatic heterocycles. The van der Waals surface area contributed by atoms with Gasteiger partial charge in [-0.2, -0.15) is 0 Å². The summed E-state index contributed by atoms with van der Waals surface area (Å²) in [7, 11) is 0. The van der Waals surface area contributed by atoms with Crippen LogP contribution in [0.2, 0.25) is 5.28 Å². The molecule has 0 saturated heterocycles. The maximum atomic E-state index is 5.80. The lowest BCUT2D eigenvalue weighted by Crippen LogP contribution is -2.20. The summed E-state index contributed by atoms with van der Waals surface area (Å²) in [6.07, 6.45) is 7.13. The van der Waals surface area contributed by atoms with Gasteiger partial charge in [-0.15, -0.1) is 0 Å². The van der Waals surface area contributed by atoms with Crippen LogP contribution in [-0.4, -0.2) is 16.5 Å². The van der Waals surface area contributed by atoms with E-state index >= 15 is 0 Å².